The Labute approximate surface area is 400 Å². The molecular formula is C58H44N4O2Pt-2. The molecule has 6 nitrogen and oxygen atoms in total. The third-order valence-electron chi connectivity index (χ3n) is 11.9. The van der Waals surface area contributed by atoms with Crippen LogP contribution in [0.5, 0.6) is 11.5 Å². The SMILES string of the molecule is [2H]c1c([2H])c([2H])c(-c2cnc(-n3c4[c-]c(Oc5[c-]c(-c6coc7c(-c8c(-c9ccccc9)cccc8-c8ccccc8)[n+](C)[c-]n67)ccc5)ccc4c4cc(C(C)(C)C)ccc43)cc2C)c([2H])c1[2H].[Pt]. The molecule has 0 fully saturated rings. The number of benzene rings is 7. The third-order valence-corrected chi connectivity index (χ3v) is 11.9. The smallest absolute Gasteiger partial charge is 0.246 e. The Kier molecular flexibility index (Phi) is 9.27. The first kappa shape index (κ1) is 36.1. The summed E-state index contributed by atoms with van der Waals surface area (Å²) >= 11 is 0. The average Bonchev–Trinajstić information content (AvgIpc) is 4.02. The number of hydrogen-bond donors (Lipinski definition) is 0. The van der Waals surface area contributed by atoms with Crippen LogP contribution in [0, 0.1) is 25.4 Å². The Morgan fingerprint density at radius 3 is 2.09 bits per heavy atom. The molecule has 0 aliphatic rings. The van der Waals surface area contributed by atoms with Crippen LogP contribution in [0.25, 0.3) is 89.2 Å². The minimum absolute atomic E-state index is 0. The van der Waals surface area contributed by atoms with Crippen molar-refractivity contribution in [1.29, 1.82) is 0 Å². The summed E-state index contributed by atoms with van der Waals surface area (Å²) in [4.78, 5) is 4.88. The first-order valence-electron chi connectivity index (χ1n) is 23.7. The number of pyridine rings is 1. The fraction of sp³-hybridized carbons (Fsp3) is 0.103. The molecule has 320 valence electrons. The second-order valence-corrected chi connectivity index (χ2v) is 17.0. The van der Waals surface area contributed by atoms with E-state index in [1.54, 1.807) is 12.5 Å². The molecule has 11 rings (SSSR count). The van der Waals surface area contributed by atoms with Crippen molar-refractivity contribution in [3.8, 4) is 73.2 Å². The molecular weight excluding hydrogens is 980 g/mol. The molecule has 65 heavy (non-hydrogen) atoms. The molecule has 7 aromatic carbocycles. The second-order valence-electron chi connectivity index (χ2n) is 17.0. The quantitative estimate of drug-likeness (QED) is 0.113. The van der Waals surface area contributed by atoms with Gasteiger partial charge in [-0.1, -0.05) is 159 Å². The Morgan fingerprint density at radius 2 is 1.40 bits per heavy atom. The van der Waals surface area contributed by atoms with Gasteiger partial charge in [0.2, 0.25) is 12.0 Å². The maximum absolute atomic E-state index is 8.63. The summed E-state index contributed by atoms with van der Waals surface area (Å²) in [5.74, 6) is 1.52. The molecule has 0 aliphatic carbocycles. The van der Waals surface area contributed by atoms with Crippen LogP contribution in [0.1, 0.15) is 38.8 Å². The second kappa shape index (κ2) is 16.7. The van der Waals surface area contributed by atoms with Crippen molar-refractivity contribution >= 4 is 27.5 Å². The molecule has 11 aromatic rings. The molecule has 0 unspecified atom stereocenters. The molecule has 0 saturated carbocycles. The van der Waals surface area contributed by atoms with E-state index < -0.39 is 6.04 Å². The van der Waals surface area contributed by atoms with E-state index >= 15 is 0 Å². The number of rotatable bonds is 8. The van der Waals surface area contributed by atoms with E-state index in [2.05, 4.69) is 124 Å². The van der Waals surface area contributed by atoms with Crippen molar-refractivity contribution in [2.75, 3.05) is 0 Å². The average molecular weight is 1030 g/mol. The minimum atomic E-state index is -0.436. The summed E-state index contributed by atoms with van der Waals surface area (Å²) in [7, 11) is 1.99. The molecule has 4 aromatic heterocycles. The van der Waals surface area contributed by atoms with Gasteiger partial charge in [0, 0.05) is 49.8 Å². The topological polar surface area (TPSA) is 48.5 Å². The number of ether oxygens (including phenoxy) is 1. The van der Waals surface area contributed by atoms with Crippen LogP contribution in [0.4, 0.5) is 0 Å². The standard InChI is InChI=1S/C58H44N4O2.Pt/c1-38-31-54(59-35-50(38)41-21-13-8-14-22-41)62-51-30-27-43(58(2,3)4)33-49(51)48-29-28-45(34-52(48)62)64-44-24-15-23-42(32-44)53-36-63-57-56(60(5)37-61(53)57)55-46(39-17-9-6-10-18-39)25-16-26-47(55)40-19-11-7-12-20-40;/h6-31,33,35-36H,1-5H3;/q-2;/i8D,13D,14D,21D,22D;. The predicted molar refractivity (Wildman–Crippen MR) is 257 cm³/mol. The Balaban J connectivity index is 0.00000567. The molecule has 0 spiro atoms. The van der Waals surface area contributed by atoms with Gasteiger partial charge in [0.1, 0.15) is 11.5 Å². The van der Waals surface area contributed by atoms with Crippen LogP contribution >= 0.6 is 0 Å². The molecule has 0 saturated heterocycles. The van der Waals surface area contributed by atoms with Crippen LogP contribution in [0.3, 0.4) is 0 Å². The molecule has 0 radical (unpaired) electrons. The number of hydrogen-bond acceptors (Lipinski definition) is 3. The Hall–Kier alpha value is -7.27. The largest absolute Gasteiger partial charge is 0.503 e. The zero-order valence-electron chi connectivity index (χ0n) is 41.3. The van der Waals surface area contributed by atoms with Crippen LogP contribution in [-0.2, 0) is 33.5 Å². The van der Waals surface area contributed by atoms with Gasteiger partial charge in [-0.2, -0.15) is 6.07 Å². The summed E-state index contributed by atoms with van der Waals surface area (Å²) in [6, 6.07) is 50.5. The maximum Gasteiger partial charge on any atom is 0.246 e. The van der Waals surface area contributed by atoms with Crippen molar-refractivity contribution in [1.82, 2.24) is 14.0 Å². The number of oxazole rings is 1. The van der Waals surface area contributed by atoms with Gasteiger partial charge in [-0.25, -0.2) is 4.98 Å². The van der Waals surface area contributed by atoms with Crippen molar-refractivity contribution in [3.05, 3.63) is 206 Å². The van der Waals surface area contributed by atoms with Crippen LogP contribution in [0.2, 0.25) is 0 Å². The van der Waals surface area contributed by atoms with E-state index in [0.717, 1.165) is 66.6 Å². The van der Waals surface area contributed by atoms with Gasteiger partial charge in [0.25, 0.3) is 0 Å². The maximum atomic E-state index is 8.63. The fourth-order valence-electron chi connectivity index (χ4n) is 8.69. The first-order chi connectivity index (χ1) is 33.3. The molecule has 0 bridgehead atoms. The monoisotopic (exact) mass is 1030 g/mol. The molecule has 0 aliphatic heterocycles. The molecule has 0 N–H and O–H groups in total. The Bertz CT molecular complexity index is 3750. The zero-order valence-corrected chi connectivity index (χ0v) is 38.6. The summed E-state index contributed by atoms with van der Waals surface area (Å²) in [5.41, 5.74) is 12.4. The van der Waals surface area contributed by atoms with E-state index in [9.17, 15) is 0 Å². The minimum Gasteiger partial charge on any atom is -0.503 e. The van der Waals surface area contributed by atoms with Gasteiger partial charge >= 0.3 is 0 Å². The van der Waals surface area contributed by atoms with Gasteiger partial charge in [-0.05, 0) is 74.4 Å². The van der Waals surface area contributed by atoms with Crippen molar-refractivity contribution in [2.45, 2.75) is 33.1 Å². The van der Waals surface area contributed by atoms with Gasteiger partial charge in [0.05, 0.1) is 25.9 Å². The molecule has 7 heteroatoms. The zero-order chi connectivity index (χ0) is 47.9. The fourth-order valence-corrected chi connectivity index (χ4v) is 8.69. The molecule has 0 atom stereocenters. The summed E-state index contributed by atoms with van der Waals surface area (Å²) in [6.07, 6.45) is 6.84. The van der Waals surface area contributed by atoms with E-state index in [-0.39, 0.29) is 56.2 Å². The number of fused-ring (bicyclic) bond motifs is 4. The number of nitrogens with zero attached hydrogens (tertiary/aromatic N) is 4. The summed E-state index contributed by atoms with van der Waals surface area (Å²) in [6.45, 7) is 8.42. The van der Waals surface area contributed by atoms with Gasteiger partial charge in [0.15, 0.2) is 0 Å². The van der Waals surface area contributed by atoms with Gasteiger partial charge < -0.3 is 18.3 Å². The third kappa shape index (κ3) is 7.48. The van der Waals surface area contributed by atoms with Crippen LogP contribution in [0.15, 0.2) is 181 Å². The van der Waals surface area contributed by atoms with E-state index in [0.29, 0.717) is 34.2 Å². The number of aryl methyl sites for hydroxylation is 2. The van der Waals surface area contributed by atoms with Crippen molar-refractivity contribution in [3.63, 3.8) is 0 Å². The van der Waals surface area contributed by atoms with Gasteiger partial charge in [-0.15, -0.1) is 35.7 Å². The molecule has 4 heterocycles. The summed E-state index contributed by atoms with van der Waals surface area (Å²) < 4.78 is 60.9. The van der Waals surface area contributed by atoms with Gasteiger partial charge in [-0.3, -0.25) is 4.40 Å². The normalized spacial score (nSPS) is 12.7. The van der Waals surface area contributed by atoms with Crippen molar-refractivity contribution < 1.29 is 41.6 Å². The van der Waals surface area contributed by atoms with E-state index in [4.69, 9.17) is 21.0 Å². The van der Waals surface area contributed by atoms with E-state index in [1.807, 2.05) is 76.0 Å². The van der Waals surface area contributed by atoms with Crippen LogP contribution in [-0.4, -0.2) is 14.0 Å². The first-order valence-corrected chi connectivity index (χ1v) is 21.2. The number of aromatic nitrogens is 4. The number of imidazole rings is 1. The Morgan fingerprint density at radius 1 is 0.708 bits per heavy atom. The van der Waals surface area contributed by atoms with Crippen LogP contribution < -0.4 is 9.30 Å². The molecule has 0 amide bonds. The van der Waals surface area contributed by atoms with E-state index in [1.165, 1.54) is 5.56 Å². The predicted octanol–water partition coefficient (Wildman–Crippen LogP) is 14.0. The summed E-state index contributed by atoms with van der Waals surface area (Å²) in [5, 5.41) is 1.97. The van der Waals surface area contributed by atoms with Crippen molar-refractivity contribution in [2.24, 2.45) is 7.05 Å².